The minimum atomic E-state index is 0.464. The van der Waals surface area contributed by atoms with Crippen molar-refractivity contribution < 1.29 is 0 Å². The Balaban J connectivity index is 1.85. The van der Waals surface area contributed by atoms with Crippen LogP contribution in [-0.4, -0.2) is 15.0 Å². The van der Waals surface area contributed by atoms with Crippen molar-refractivity contribution in [1.29, 1.82) is 0 Å². The number of benzene rings is 1. The first-order valence-corrected chi connectivity index (χ1v) is 8.25. The average Bonchev–Trinajstić information content (AvgIpc) is 3.13. The molecule has 0 bridgehead atoms. The van der Waals surface area contributed by atoms with E-state index in [1.165, 1.54) is 5.56 Å². The molecule has 0 radical (unpaired) electrons. The van der Waals surface area contributed by atoms with Crippen molar-refractivity contribution in [2.24, 2.45) is 0 Å². The molecule has 3 heterocycles. The zero-order chi connectivity index (χ0) is 17.2. The standard InChI is InChI=1S/C19H16ClN5/c20-17-7-6-14(10-23-17)25(12-13-4-2-1-3-5-13)16-11-24-19(21)18-15(16)8-9-22-18/h1-11,22H,12H2,(H2,21,24). The van der Waals surface area contributed by atoms with E-state index in [1.54, 1.807) is 18.5 Å². The SMILES string of the molecule is Nc1ncc(N(Cc2ccccc2)c2ccc(Cl)nc2)c2cc[nH]c12. The molecule has 6 heteroatoms. The number of nitrogens with zero attached hydrogens (tertiary/aromatic N) is 3. The van der Waals surface area contributed by atoms with Crippen molar-refractivity contribution in [2.75, 3.05) is 10.6 Å². The smallest absolute Gasteiger partial charge is 0.147 e. The van der Waals surface area contributed by atoms with Crippen molar-refractivity contribution >= 4 is 39.7 Å². The molecule has 0 aliphatic rings. The van der Waals surface area contributed by atoms with Gasteiger partial charge in [0.25, 0.3) is 0 Å². The molecule has 4 rings (SSSR count). The molecule has 0 fully saturated rings. The van der Waals surface area contributed by atoms with Gasteiger partial charge in [-0.2, -0.15) is 0 Å². The van der Waals surface area contributed by atoms with E-state index in [-0.39, 0.29) is 0 Å². The van der Waals surface area contributed by atoms with Crippen LogP contribution in [0.1, 0.15) is 5.56 Å². The third-order valence-corrected chi connectivity index (χ3v) is 4.33. The predicted octanol–water partition coefficient (Wildman–Crippen LogP) is 4.53. The average molecular weight is 350 g/mol. The van der Waals surface area contributed by atoms with Gasteiger partial charge in [0.15, 0.2) is 0 Å². The maximum absolute atomic E-state index is 5.99. The molecule has 5 nitrogen and oxygen atoms in total. The first kappa shape index (κ1) is 15.5. The molecule has 0 spiro atoms. The van der Waals surface area contributed by atoms with Crippen molar-refractivity contribution in [3.8, 4) is 0 Å². The van der Waals surface area contributed by atoms with Gasteiger partial charge in [-0.3, -0.25) is 0 Å². The lowest BCUT2D eigenvalue weighted by molar-refractivity contribution is 0.969. The number of H-pyrrole nitrogens is 1. The first-order chi connectivity index (χ1) is 12.2. The molecule has 0 amide bonds. The van der Waals surface area contributed by atoms with Crippen LogP contribution in [0.4, 0.5) is 17.2 Å². The van der Waals surface area contributed by atoms with Crippen LogP contribution in [0.3, 0.4) is 0 Å². The predicted molar refractivity (Wildman–Crippen MR) is 102 cm³/mol. The summed E-state index contributed by atoms with van der Waals surface area (Å²) in [6.45, 7) is 0.677. The minimum absolute atomic E-state index is 0.464. The van der Waals surface area contributed by atoms with E-state index in [4.69, 9.17) is 17.3 Å². The molecule has 1 aromatic carbocycles. The third-order valence-electron chi connectivity index (χ3n) is 4.10. The van der Waals surface area contributed by atoms with E-state index in [0.717, 1.165) is 22.3 Å². The van der Waals surface area contributed by atoms with Crippen molar-refractivity contribution in [3.05, 3.63) is 77.8 Å². The number of halogens is 1. The number of pyridine rings is 2. The maximum atomic E-state index is 5.99. The number of hydrogen-bond acceptors (Lipinski definition) is 4. The van der Waals surface area contributed by atoms with Crippen LogP contribution < -0.4 is 10.6 Å². The van der Waals surface area contributed by atoms with Crippen LogP contribution in [0, 0.1) is 0 Å². The molecule has 0 atom stereocenters. The lowest BCUT2D eigenvalue weighted by Gasteiger charge is -2.25. The number of aromatic amines is 1. The van der Waals surface area contributed by atoms with E-state index >= 15 is 0 Å². The summed E-state index contributed by atoms with van der Waals surface area (Å²) in [5.74, 6) is 0.484. The van der Waals surface area contributed by atoms with E-state index in [9.17, 15) is 0 Å². The number of nitrogens with two attached hydrogens (primary N) is 1. The fraction of sp³-hybridized carbons (Fsp3) is 0.0526. The van der Waals surface area contributed by atoms with Gasteiger partial charge in [0.05, 0.1) is 29.3 Å². The summed E-state index contributed by atoms with van der Waals surface area (Å²) in [6, 6.07) is 16.0. The van der Waals surface area contributed by atoms with E-state index in [0.29, 0.717) is 17.5 Å². The highest BCUT2D eigenvalue weighted by molar-refractivity contribution is 6.29. The van der Waals surface area contributed by atoms with Crippen LogP contribution in [0.25, 0.3) is 10.9 Å². The Kier molecular flexibility index (Phi) is 3.99. The second-order valence-electron chi connectivity index (χ2n) is 5.71. The fourth-order valence-electron chi connectivity index (χ4n) is 2.88. The molecular weight excluding hydrogens is 334 g/mol. The van der Waals surface area contributed by atoms with Gasteiger partial charge in [0, 0.05) is 18.1 Å². The van der Waals surface area contributed by atoms with Gasteiger partial charge >= 0.3 is 0 Å². The molecule has 0 aliphatic carbocycles. The second kappa shape index (κ2) is 6.45. The lowest BCUT2D eigenvalue weighted by atomic mass is 10.1. The Morgan fingerprint density at radius 3 is 2.60 bits per heavy atom. The van der Waals surface area contributed by atoms with Gasteiger partial charge in [-0.05, 0) is 23.8 Å². The number of hydrogen-bond donors (Lipinski definition) is 2. The number of aromatic nitrogens is 3. The van der Waals surface area contributed by atoms with Crippen molar-refractivity contribution in [2.45, 2.75) is 6.54 Å². The van der Waals surface area contributed by atoms with Crippen LogP contribution in [0.15, 0.2) is 67.1 Å². The molecule has 0 saturated heterocycles. The summed E-state index contributed by atoms with van der Waals surface area (Å²) < 4.78 is 0. The number of anilines is 3. The van der Waals surface area contributed by atoms with E-state index in [2.05, 4.69) is 32.0 Å². The topological polar surface area (TPSA) is 70.8 Å². The number of nitrogens with one attached hydrogen (secondary N) is 1. The lowest BCUT2D eigenvalue weighted by Crippen LogP contribution is -2.17. The summed E-state index contributed by atoms with van der Waals surface area (Å²) >= 11 is 5.96. The molecule has 3 N–H and O–H groups in total. The van der Waals surface area contributed by atoms with Crippen molar-refractivity contribution in [1.82, 2.24) is 15.0 Å². The van der Waals surface area contributed by atoms with Gasteiger partial charge < -0.3 is 15.6 Å². The van der Waals surface area contributed by atoms with Crippen LogP contribution in [0.2, 0.25) is 5.15 Å². The zero-order valence-electron chi connectivity index (χ0n) is 13.4. The maximum Gasteiger partial charge on any atom is 0.147 e. The van der Waals surface area contributed by atoms with Gasteiger partial charge in [-0.1, -0.05) is 41.9 Å². The molecular formula is C19H16ClN5. The number of nitrogen functional groups attached to an aromatic ring is 1. The van der Waals surface area contributed by atoms with Gasteiger partial charge in [-0.15, -0.1) is 0 Å². The Morgan fingerprint density at radius 1 is 1.00 bits per heavy atom. The monoisotopic (exact) mass is 349 g/mol. The molecule has 25 heavy (non-hydrogen) atoms. The quantitative estimate of drug-likeness (QED) is 0.531. The Hall–Kier alpha value is -3.05. The highest BCUT2D eigenvalue weighted by Crippen LogP contribution is 2.34. The molecule has 0 aliphatic heterocycles. The Bertz CT molecular complexity index is 995. The van der Waals surface area contributed by atoms with E-state index < -0.39 is 0 Å². The number of rotatable bonds is 4. The summed E-state index contributed by atoms with van der Waals surface area (Å²) in [6.07, 6.45) is 5.43. The summed E-state index contributed by atoms with van der Waals surface area (Å²) in [4.78, 5) is 13.9. The summed E-state index contributed by atoms with van der Waals surface area (Å²) in [5.41, 5.74) is 9.89. The van der Waals surface area contributed by atoms with Crippen LogP contribution in [-0.2, 0) is 6.54 Å². The Morgan fingerprint density at radius 2 is 1.84 bits per heavy atom. The first-order valence-electron chi connectivity index (χ1n) is 7.87. The largest absolute Gasteiger partial charge is 0.382 e. The molecule has 124 valence electrons. The van der Waals surface area contributed by atoms with Crippen LogP contribution in [0.5, 0.6) is 0 Å². The second-order valence-corrected chi connectivity index (χ2v) is 6.09. The van der Waals surface area contributed by atoms with Gasteiger partial charge in [0.1, 0.15) is 11.0 Å². The highest BCUT2D eigenvalue weighted by atomic mass is 35.5. The molecule has 4 aromatic rings. The highest BCUT2D eigenvalue weighted by Gasteiger charge is 2.16. The third kappa shape index (κ3) is 3.02. The molecule has 0 unspecified atom stereocenters. The van der Waals surface area contributed by atoms with Gasteiger partial charge in [0.2, 0.25) is 0 Å². The van der Waals surface area contributed by atoms with Gasteiger partial charge in [-0.25, -0.2) is 9.97 Å². The minimum Gasteiger partial charge on any atom is -0.382 e. The zero-order valence-corrected chi connectivity index (χ0v) is 14.1. The normalized spacial score (nSPS) is 10.9. The fourth-order valence-corrected chi connectivity index (χ4v) is 3.00. The summed E-state index contributed by atoms with van der Waals surface area (Å²) in [5, 5.41) is 1.48. The van der Waals surface area contributed by atoms with Crippen LogP contribution >= 0.6 is 11.6 Å². The molecule has 0 saturated carbocycles. The molecule has 3 aromatic heterocycles. The van der Waals surface area contributed by atoms with Crippen molar-refractivity contribution in [3.63, 3.8) is 0 Å². The van der Waals surface area contributed by atoms with E-state index in [1.807, 2.05) is 36.5 Å². The Labute approximate surface area is 150 Å². The number of fused-ring (bicyclic) bond motifs is 1. The summed E-state index contributed by atoms with van der Waals surface area (Å²) in [7, 11) is 0.